The first-order chi connectivity index (χ1) is 15.9. The molecule has 1 unspecified atom stereocenters. The number of carbonyl (C=O) groups is 1. The Balaban J connectivity index is 1.47. The number of carbonyl (C=O) groups excluding carboxylic acids is 1. The van der Waals surface area contributed by atoms with E-state index in [1.807, 2.05) is 42.5 Å². The summed E-state index contributed by atoms with van der Waals surface area (Å²) in [5, 5.41) is 10.5. The second-order valence-electron chi connectivity index (χ2n) is 7.32. The monoisotopic (exact) mass is 454 g/mol. The molecule has 3 rings (SSSR count). The van der Waals surface area contributed by atoms with Crippen molar-refractivity contribution in [3.63, 3.8) is 0 Å². The van der Waals surface area contributed by atoms with Crippen molar-refractivity contribution >= 4 is 5.97 Å². The Morgan fingerprint density at radius 1 is 0.879 bits per heavy atom. The van der Waals surface area contributed by atoms with Crippen molar-refractivity contribution in [3.05, 3.63) is 84.2 Å². The van der Waals surface area contributed by atoms with E-state index in [9.17, 15) is 14.3 Å². The summed E-state index contributed by atoms with van der Waals surface area (Å²) in [6.07, 6.45) is 0.0505. The van der Waals surface area contributed by atoms with E-state index in [4.69, 9.17) is 14.2 Å². The van der Waals surface area contributed by atoms with Crippen molar-refractivity contribution < 1.29 is 33.2 Å². The molecule has 3 aromatic rings. The number of esters is 1. The van der Waals surface area contributed by atoms with Crippen molar-refractivity contribution in [1.29, 1.82) is 0 Å². The molecule has 0 fully saturated rings. The van der Waals surface area contributed by atoms with Gasteiger partial charge < -0.3 is 24.1 Å². The minimum atomic E-state index is -2.13. The third-order valence-electron chi connectivity index (χ3n) is 5.10. The molecule has 0 bridgehead atoms. The molecule has 0 aliphatic carbocycles. The topological polar surface area (TPSA) is 74.2 Å². The van der Waals surface area contributed by atoms with Gasteiger partial charge in [0.05, 0.1) is 20.3 Å². The number of ether oxygens (including phenoxy) is 4. The molecule has 174 valence electrons. The van der Waals surface area contributed by atoms with Crippen LogP contribution in [-0.4, -0.2) is 38.5 Å². The van der Waals surface area contributed by atoms with Crippen LogP contribution in [0.25, 0.3) is 11.1 Å². The predicted molar refractivity (Wildman–Crippen MR) is 121 cm³/mol. The second kappa shape index (κ2) is 11.4. The van der Waals surface area contributed by atoms with Gasteiger partial charge in [-0.3, -0.25) is 4.79 Å². The van der Waals surface area contributed by atoms with Crippen molar-refractivity contribution in [2.24, 2.45) is 0 Å². The number of rotatable bonds is 11. The van der Waals surface area contributed by atoms with E-state index < -0.39 is 24.0 Å². The quantitative estimate of drug-likeness (QED) is 0.257. The van der Waals surface area contributed by atoms with Gasteiger partial charge in [-0.25, -0.2) is 4.39 Å². The van der Waals surface area contributed by atoms with E-state index in [1.165, 1.54) is 26.4 Å². The Bertz CT molecular complexity index is 1040. The highest BCUT2D eigenvalue weighted by Gasteiger charge is 2.35. The zero-order valence-corrected chi connectivity index (χ0v) is 18.6. The molecule has 0 aliphatic heterocycles. The Labute approximate surface area is 192 Å². The highest BCUT2D eigenvalue weighted by atomic mass is 19.1. The Kier molecular flexibility index (Phi) is 8.40. The highest BCUT2D eigenvalue weighted by molar-refractivity contribution is 5.70. The number of hydrogen-bond donors (Lipinski definition) is 1. The maximum absolute atomic E-state index is 14.5. The van der Waals surface area contributed by atoms with Gasteiger partial charge in [-0.2, -0.15) is 0 Å². The minimum Gasteiger partial charge on any atom is -0.493 e. The summed E-state index contributed by atoms with van der Waals surface area (Å²) in [5.74, 6) is -2.56. The average Bonchev–Trinajstić information content (AvgIpc) is 2.84. The molecule has 0 amide bonds. The summed E-state index contributed by atoms with van der Waals surface area (Å²) in [6, 6.07) is 21.9. The first-order valence-corrected chi connectivity index (χ1v) is 10.5. The summed E-state index contributed by atoms with van der Waals surface area (Å²) in [6.45, 7) is 0.755. The van der Waals surface area contributed by atoms with Crippen LogP contribution in [-0.2, 0) is 20.1 Å². The summed E-state index contributed by atoms with van der Waals surface area (Å²) in [5.41, 5.74) is 2.08. The maximum Gasteiger partial charge on any atom is 0.311 e. The van der Waals surface area contributed by atoms with Crippen LogP contribution in [0.3, 0.4) is 0 Å². The van der Waals surface area contributed by atoms with Gasteiger partial charge in [0.2, 0.25) is 5.79 Å². The van der Waals surface area contributed by atoms with Gasteiger partial charge in [-0.15, -0.1) is 0 Å². The molecule has 0 spiro atoms. The lowest BCUT2D eigenvalue weighted by Gasteiger charge is -2.26. The molecule has 6 nitrogen and oxygen atoms in total. The minimum absolute atomic E-state index is 0.176. The fourth-order valence-electron chi connectivity index (χ4n) is 3.26. The average molecular weight is 454 g/mol. The number of hydrogen-bond acceptors (Lipinski definition) is 6. The third-order valence-corrected chi connectivity index (χ3v) is 5.10. The van der Waals surface area contributed by atoms with Crippen LogP contribution in [0.1, 0.15) is 18.4 Å². The summed E-state index contributed by atoms with van der Waals surface area (Å²) >= 11 is 0. The zero-order valence-electron chi connectivity index (χ0n) is 18.6. The van der Waals surface area contributed by atoms with Gasteiger partial charge >= 0.3 is 5.97 Å². The molecule has 0 saturated heterocycles. The standard InChI is InChI=1S/C26H27FO6/c1-30-25(28)18-26(29,31-2)23-14-13-22(17-24(23)27)33-16-6-15-32-21-11-9-20(10-12-21)19-7-4-3-5-8-19/h3-5,7-14,17,29H,6,15-16,18H2,1-2H3. The fraction of sp³-hybridized carbons (Fsp3) is 0.269. The van der Waals surface area contributed by atoms with E-state index >= 15 is 0 Å². The second-order valence-corrected chi connectivity index (χ2v) is 7.32. The van der Waals surface area contributed by atoms with E-state index in [2.05, 4.69) is 16.9 Å². The van der Waals surface area contributed by atoms with Crippen LogP contribution in [0.2, 0.25) is 0 Å². The van der Waals surface area contributed by atoms with Gasteiger partial charge in [0.1, 0.15) is 23.7 Å². The predicted octanol–water partition coefficient (Wildman–Crippen LogP) is 4.70. The fourth-order valence-corrected chi connectivity index (χ4v) is 3.26. The van der Waals surface area contributed by atoms with Crippen LogP contribution >= 0.6 is 0 Å². The largest absolute Gasteiger partial charge is 0.493 e. The number of halogens is 1. The van der Waals surface area contributed by atoms with E-state index in [-0.39, 0.29) is 5.56 Å². The van der Waals surface area contributed by atoms with Crippen molar-refractivity contribution in [1.82, 2.24) is 0 Å². The highest BCUT2D eigenvalue weighted by Crippen LogP contribution is 2.31. The van der Waals surface area contributed by atoms with Gasteiger partial charge in [0, 0.05) is 25.2 Å². The van der Waals surface area contributed by atoms with E-state index in [1.54, 1.807) is 0 Å². The van der Waals surface area contributed by atoms with Crippen molar-refractivity contribution in [2.45, 2.75) is 18.6 Å². The molecule has 0 radical (unpaired) electrons. The molecule has 1 atom stereocenters. The molecule has 1 N–H and O–H groups in total. The summed E-state index contributed by atoms with van der Waals surface area (Å²) in [7, 11) is 2.36. The summed E-state index contributed by atoms with van der Waals surface area (Å²) < 4.78 is 35.3. The van der Waals surface area contributed by atoms with Gasteiger partial charge in [-0.1, -0.05) is 42.5 Å². The zero-order chi connectivity index (χ0) is 23.7. The van der Waals surface area contributed by atoms with Crippen LogP contribution in [0, 0.1) is 5.82 Å². The smallest absolute Gasteiger partial charge is 0.311 e. The van der Waals surface area contributed by atoms with E-state index in [0.29, 0.717) is 25.4 Å². The van der Waals surface area contributed by atoms with Gasteiger partial charge in [0.25, 0.3) is 0 Å². The number of benzene rings is 3. The van der Waals surface area contributed by atoms with Crippen molar-refractivity contribution in [2.75, 3.05) is 27.4 Å². The van der Waals surface area contributed by atoms with E-state index in [0.717, 1.165) is 22.9 Å². The van der Waals surface area contributed by atoms with Crippen LogP contribution in [0.5, 0.6) is 11.5 Å². The number of methoxy groups -OCH3 is 2. The molecule has 0 aliphatic rings. The lowest BCUT2D eigenvalue weighted by atomic mass is 10.0. The summed E-state index contributed by atoms with van der Waals surface area (Å²) in [4.78, 5) is 11.5. The first-order valence-electron chi connectivity index (χ1n) is 10.5. The molecular weight excluding hydrogens is 427 g/mol. The Hall–Kier alpha value is -3.42. The lowest BCUT2D eigenvalue weighted by molar-refractivity contribution is -0.208. The maximum atomic E-state index is 14.5. The van der Waals surface area contributed by atoms with Crippen LogP contribution in [0.4, 0.5) is 4.39 Å². The normalized spacial score (nSPS) is 12.6. The third kappa shape index (κ3) is 6.54. The molecule has 0 heterocycles. The first kappa shape index (κ1) is 24.2. The molecule has 33 heavy (non-hydrogen) atoms. The van der Waals surface area contributed by atoms with Gasteiger partial charge in [-0.05, 0) is 35.4 Å². The lowest BCUT2D eigenvalue weighted by Crippen LogP contribution is -2.32. The Morgan fingerprint density at radius 2 is 1.48 bits per heavy atom. The number of aliphatic hydroxyl groups is 1. The molecule has 0 aromatic heterocycles. The van der Waals surface area contributed by atoms with Gasteiger partial charge in [0.15, 0.2) is 0 Å². The molecule has 7 heteroatoms. The Morgan fingerprint density at radius 3 is 2.09 bits per heavy atom. The molecule has 3 aromatic carbocycles. The molecule has 0 saturated carbocycles. The van der Waals surface area contributed by atoms with Crippen molar-refractivity contribution in [3.8, 4) is 22.6 Å². The SMILES string of the molecule is COC(=O)CC(O)(OC)c1ccc(OCCCOc2ccc(-c3ccccc3)cc2)cc1F. The van der Waals surface area contributed by atoms with Crippen LogP contribution < -0.4 is 9.47 Å². The molecular formula is C26H27FO6. The van der Waals surface area contributed by atoms with Crippen LogP contribution in [0.15, 0.2) is 72.8 Å².